The number of halogens is 2. The van der Waals surface area contributed by atoms with E-state index < -0.39 is 0 Å². The monoisotopic (exact) mass is 273 g/mol. The lowest BCUT2D eigenvalue weighted by molar-refractivity contribution is 0.163. The van der Waals surface area contributed by atoms with Crippen molar-refractivity contribution in [2.24, 2.45) is 0 Å². The van der Waals surface area contributed by atoms with E-state index in [1.165, 1.54) is 0 Å². The van der Waals surface area contributed by atoms with E-state index in [1.54, 1.807) is 6.07 Å². The number of hydrogen-bond donors (Lipinski definition) is 1. The van der Waals surface area contributed by atoms with Gasteiger partial charge in [0.15, 0.2) is 0 Å². The molecule has 17 heavy (non-hydrogen) atoms. The molecule has 0 saturated heterocycles. The topological polar surface area (TPSA) is 21.3 Å². The van der Waals surface area contributed by atoms with Gasteiger partial charge in [0.1, 0.15) is 5.75 Å². The molecule has 0 radical (unpaired) electrons. The number of fused-ring (bicyclic) bond motifs is 1. The third-order valence-electron chi connectivity index (χ3n) is 2.86. The summed E-state index contributed by atoms with van der Waals surface area (Å²) in [5.74, 6) is 0.732. The first-order valence-corrected chi connectivity index (χ1v) is 6.65. The van der Waals surface area contributed by atoms with Crippen LogP contribution in [0.25, 0.3) is 0 Å². The lowest BCUT2D eigenvalue weighted by atomic mass is 9.96. The molecule has 1 aliphatic heterocycles. The van der Waals surface area contributed by atoms with Gasteiger partial charge in [-0.05, 0) is 19.1 Å². The van der Waals surface area contributed by atoms with Crippen molar-refractivity contribution in [3.05, 3.63) is 27.7 Å². The number of rotatable bonds is 2. The Labute approximate surface area is 112 Å². The highest BCUT2D eigenvalue weighted by molar-refractivity contribution is 6.35. The van der Waals surface area contributed by atoms with E-state index in [4.69, 9.17) is 27.9 Å². The molecule has 2 unspecified atom stereocenters. The lowest BCUT2D eigenvalue weighted by Gasteiger charge is -2.33. The highest BCUT2D eigenvalue weighted by Crippen LogP contribution is 2.43. The van der Waals surface area contributed by atoms with Gasteiger partial charge in [-0.3, -0.25) is 0 Å². The summed E-state index contributed by atoms with van der Waals surface area (Å²) in [7, 11) is 0. The second-order valence-electron chi connectivity index (χ2n) is 4.81. The number of nitrogens with one attached hydrogen (secondary N) is 1. The van der Waals surface area contributed by atoms with Gasteiger partial charge in [0.25, 0.3) is 0 Å². The molecule has 1 N–H and O–H groups in total. The Bertz CT molecular complexity index is 420. The van der Waals surface area contributed by atoms with Crippen LogP contribution in [0.1, 0.15) is 38.8 Å². The van der Waals surface area contributed by atoms with E-state index in [0.29, 0.717) is 11.1 Å². The molecule has 0 fully saturated rings. The van der Waals surface area contributed by atoms with Gasteiger partial charge < -0.3 is 10.1 Å². The van der Waals surface area contributed by atoms with Crippen molar-refractivity contribution >= 4 is 23.2 Å². The molecule has 4 heteroatoms. The predicted molar refractivity (Wildman–Crippen MR) is 72.2 cm³/mol. The summed E-state index contributed by atoms with van der Waals surface area (Å²) < 4.78 is 5.80. The zero-order valence-electron chi connectivity index (χ0n) is 10.3. The molecule has 1 aliphatic rings. The largest absolute Gasteiger partial charge is 0.489 e. The lowest BCUT2D eigenvalue weighted by Crippen LogP contribution is -2.35. The van der Waals surface area contributed by atoms with Crippen molar-refractivity contribution in [2.45, 2.75) is 45.4 Å². The van der Waals surface area contributed by atoms with Crippen LogP contribution in [0.4, 0.5) is 0 Å². The fourth-order valence-electron chi connectivity index (χ4n) is 2.25. The average Bonchev–Trinajstić information content (AvgIpc) is 2.22. The quantitative estimate of drug-likeness (QED) is 0.872. The molecule has 1 heterocycles. The molecular weight excluding hydrogens is 257 g/mol. The molecule has 1 aromatic rings. The number of hydrogen-bond acceptors (Lipinski definition) is 2. The molecule has 94 valence electrons. The van der Waals surface area contributed by atoms with E-state index in [9.17, 15) is 0 Å². The third kappa shape index (κ3) is 2.70. The van der Waals surface area contributed by atoms with E-state index >= 15 is 0 Å². The Kier molecular flexibility index (Phi) is 3.86. The molecule has 2 atom stereocenters. The van der Waals surface area contributed by atoms with Crippen LogP contribution in [0.15, 0.2) is 12.1 Å². The van der Waals surface area contributed by atoms with Crippen LogP contribution in [0.3, 0.4) is 0 Å². The maximum Gasteiger partial charge on any atom is 0.144 e. The van der Waals surface area contributed by atoms with Crippen LogP contribution in [0, 0.1) is 0 Å². The Morgan fingerprint density at radius 1 is 1.29 bits per heavy atom. The summed E-state index contributed by atoms with van der Waals surface area (Å²) >= 11 is 12.4. The standard InChI is InChI=1S/C13H17Cl2NO/c1-7(2)16-11-6-8(3)17-13-10(15)5-4-9(14)12(11)13/h4-5,7-8,11,16H,6H2,1-3H3. The van der Waals surface area contributed by atoms with Crippen LogP contribution in [-0.4, -0.2) is 12.1 Å². The first-order valence-electron chi connectivity index (χ1n) is 5.89. The van der Waals surface area contributed by atoms with Crippen LogP contribution >= 0.6 is 23.2 Å². The highest BCUT2D eigenvalue weighted by Gasteiger charge is 2.30. The minimum absolute atomic E-state index is 0.148. The maximum atomic E-state index is 6.26. The predicted octanol–water partition coefficient (Wildman–Crippen LogP) is 4.20. The van der Waals surface area contributed by atoms with Crippen LogP contribution in [0.5, 0.6) is 5.75 Å². The first kappa shape index (κ1) is 13.0. The van der Waals surface area contributed by atoms with Gasteiger partial charge in [-0.15, -0.1) is 0 Å². The second-order valence-corrected chi connectivity index (χ2v) is 5.62. The van der Waals surface area contributed by atoms with Gasteiger partial charge in [-0.1, -0.05) is 37.0 Å². The Balaban J connectivity index is 2.44. The van der Waals surface area contributed by atoms with Crippen LogP contribution in [-0.2, 0) is 0 Å². The molecule has 0 saturated carbocycles. The summed E-state index contributed by atoms with van der Waals surface area (Å²) in [5, 5.41) is 4.86. The minimum atomic E-state index is 0.148. The van der Waals surface area contributed by atoms with Crippen molar-refractivity contribution in [2.75, 3.05) is 0 Å². The van der Waals surface area contributed by atoms with Crippen LogP contribution in [0.2, 0.25) is 10.0 Å². The van der Waals surface area contributed by atoms with E-state index in [2.05, 4.69) is 26.1 Å². The first-order chi connectivity index (χ1) is 7.99. The molecule has 0 spiro atoms. The van der Waals surface area contributed by atoms with Crippen molar-refractivity contribution < 1.29 is 4.74 Å². The molecule has 0 aliphatic carbocycles. The van der Waals surface area contributed by atoms with Crippen molar-refractivity contribution in [3.8, 4) is 5.75 Å². The van der Waals surface area contributed by atoms with Crippen molar-refractivity contribution in [1.29, 1.82) is 0 Å². The van der Waals surface area contributed by atoms with E-state index in [0.717, 1.165) is 22.8 Å². The molecule has 0 bridgehead atoms. The van der Waals surface area contributed by atoms with E-state index in [-0.39, 0.29) is 12.1 Å². The number of ether oxygens (including phenoxy) is 1. The Morgan fingerprint density at radius 2 is 1.94 bits per heavy atom. The van der Waals surface area contributed by atoms with Gasteiger partial charge in [-0.2, -0.15) is 0 Å². The molecule has 1 aromatic carbocycles. The molecule has 2 nitrogen and oxygen atoms in total. The summed E-state index contributed by atoms with van der Waals surface area (Å²) in [4.78, 5) is 0. The fourth-order valence-corrected chi connectivity index (χ4v) is 2.74. The molecule has 0 aromatic heterocycles. The Hall–Kier alpha value is -0.440. The van der Waals surface area contributed by atoms with Gasteiger partial charge in [0, 0.05) is 29.1 Å². The summed E-state index contributed by atoms with van der Waals surface area (Å²) in [6.07, 6.45) is 1.06. The number of benzene rings is 1. The van der Waals surface area contributed by atoms with Gasteiger partial charge >= 0.3 is 0 Å². The van der Waals surface area contributed by atoms with E-state index in [1.807, 2.05) is 6.07 Å². The van der Waals surface area contributed by atoms with Gasteiger partial charge in [0.05, 0.1) is 11.1 Å². The highest BCUT2D eigenvalue weighted by atomic mass is 35.5. The average molecular weight is 274 g/mol. The molecular formula is C13H17Cl2NO. The van der Waals surface area contributed by atoms with Crippen molar-refractivity contribution in [3.63, 3.8) is 0 Å². The maximum absolute atomic E-state index is 6.26. The molecule has 2 rings (SSSR count). The SMILES string of the molecule is CC(C)NC1CC(C)Oc2c(Cl)ccc(Cl)c21. The van der Waals surface area contributed by atoms with Gasteiger partial charge in [0.2, 0.25) is 0 Å². The normalized spacial score (nSPS) is 23.4. The minimum Gasteiger partial charge on any atom is -0.489 e. The summed E-state index contributed by atoms with van der Waals surface area (Å²) in [6, 6.07) is 4.22. The fraction of sp³-hybridized carbons (Fsp3) is 0.538. The second kappa shape index (κ2) is 5.05. The summed E-state index contributed by atoms with van der Waals surface area (Å²) in [5.41, 5.74) is 0.992. The summed E-state index contributed by atoms with van der Waals surface area (Å²) in [6.45, 7) is 6.30. The smallest absolute Gasteiger partial charge is 0.144 e. The zero-order chi connectivity index (χ0) is 12.6. The third-order valence-corrected chi connectivity index (χ3v) is 3.49. The Morgan fingerprint density at radius 3 is 2.59 bits per heavy atom. The molecule has 0 amide bonds. The van der Waals surface area contributed by atoms with Crippen molar-refractivity contribution in [1.82, 2.24) is 5.32 Å². The zero-order valence-corrected chi connectivity index (χ0v) is 11.8. The van der Waals surface area contributed by atoms with Gasteiger partial charge in [-0.25, -0.2) is 0 Å². The van der Waals surface area contributed by atoms with Crippen LogP contribution < -0.4 is 10.1 Å².